The maximum atomic E-state index is 10.8. The lowest BCUT2D eigenvalue weighted by atomic mass is 10.4. The summed E-state index contributed by atoms with van der Waals surface area (Å²) in [6, 6.07) is 0. The van der Waals surface area contributed by atoms with E-state index in [1.54, 1.807) is 0 Å². The minimum Gasteiger partial charge on any atom is -0.350 e. The Morgan fingerprint density at radius 3 is 2.90 bits per heavy atom. The molecule has 1 N–H and O–H groups in total. The van der Waals surface area contributed by atoms with Gasteiger partial charge in [-0.05, 0) is 0 Å². The third-order valence-electron chi connectivity index (χ3n) is 1.24. The predicted octanol–water partition coefficient (Wildman–Crippen LogP) is -0.917. The van der Waals surface area contributed by atoms with Crippen LogP contribution in [0.1, 0.15) is 6.42 Å². The Morgan fingerprint density at radius 2 is 2.20 bits per heavy atom. The van der Waals surface area contributed by atoms with Gasteiger partial charge in [0.15, 0.2) is 9.84 Å². The molecule has 10 heavy (non-hydrogen) atoms. The van der Waals surface area contributed by atoms with Gasteiger partial charge in [0.05, 0.1) is 18.1 Å². The van der Waals surface area contributed by atoms with Gasteiger partial charge in [-0.25, -0.2) is 8.42 Å². The molecule has 0 aromatic rings. The minimum atomic E-state index is -2.99. The van der Waals surface area contributed by atoms with Crippen molar-refractivity contribution in [3.63, 3.8) is 0 Å². The molecule has 1 radical (unpaired) electrons. The van der Waals surface area contributed by atoms with Crippen LogP contribution in [0.3, 0.4) is 0 Å². The molecule has 57 valence electrons. The van der Waals surface area contributed by atoms with Crippen LogP contribution >= 0.6 is 0 Å². The van der Waals surface area contributed by atoms with Crippen molar-refractivity contribution < 1.29 is 13.2 Å². The van der Waals surface area contributed by atoms with Gasteiger partial charge in [0.1, 0.15) is 0 Å². The van der Waals surface area contributed by atoms with Gasteiger partial charge in [0.2, 0.25) is 5.91 Å². The minimum absolute atomic E-state index is 0.0324. The first-order valence-corrected chi connectivity index (χ1v) is 4.74. The summed E-state index contributed by atoms with van der Waals surface area (Å²) < 4.78 is 21.6. The third-order valence-corrected chi connectivity index (χ3v) is 2.74. The summed E-state index contributed by atoms with van der Waals surface area (Å²) in [7, 11) is -2.99. The van der Waals surface area contributed by atoms with E-state index < -0.39 is 9.84 Å². The van der Waals surface area contributed by atoms with Gasteiger partial charge < -0.3 is 5.32 Å². The van der Waals surface area contributed by atoms with Crippen molar-refractivity contribution in [1.29, 1.82) is 0 Å². The Kier molecular flexibility index (Phi) is 1.94. The Morgan fingerprint density at radius 1 is 1.50 bits per heavy atom. The van der Waals surface area contributed by atoms with E-state index in [2.05, 4.69) is 5.32 Å². The van der Waals surface area contributed by atoms with E-state index in [-0.39, 0.29) is 23.8 Å². The Hall–Kier alpha value is -0.580. The fourth-order valence-corrected chi connectivity index (χ4v) is 1.69. The van der Waals surface area contributed by atoms with Gasteiger partial charge >= 0.3 is 0 Å². The zero-order valence-corrected chi connectivity index (χ0v) is 6.15. The van der Waals surface area contributed by atoms with E-state index in [1.807, 2.05) is 0 Å². The number of hydrogen-bond donors (Lipinski definition) is 1. The number of nitrogens with one attached hydrogen (secondary N) is 1. The second kappa shape index (κ2) is 2.57. The first-order chi connectivity index (χ1) is 4.60. The second-order valence-electron chi connectivity index (χ2n) is 2.14. The molecule has 0 unspecified atom stereocenters. The van der Waals surface area contributed by atoms with E-state index in [9.17, 15) is 13.2 Å². The molecule has 0 aromatic carbocycles. The Bertz CT molecular complexity index is 231. The summed E-state index contributed by atoms with van der Waals surface area (Å²) in [4.78, 5) is 10.6. The number of carbonyl (C=O) groups is 1. The largest absolute Gasteiger partial charge is 0.350 e. The highest BCUT2D eigenvalue weighted by atomic mass is 32.2. The van der Waals surface area contributed by atoms with Gasteiger partial charge in [-0.15, -0.1) is 0 Å². The standard InChI is InChI=1S/C5H8NO3S/c7-5-1-3-10(8,9)4-2-6-5/h2H,1,3-4H2,(H,6,7). The van der Waals surface area contributed by atoms with Gasteiger partial charge in [-0.1, -0.05) is 0 Å². The predicted molar refractivity (Wildman–Crippen MR) is 35.7 cm³/mol. The van der Waals surface area contributed by atoms with Crippen LogP contribution in [0.25, 0.3) is 0 Å². The summed E-state index contributed by atoms with van der Waals surface area (Å²) in [5, 5.41) is 2.36. The maximum absolute atomic E-state index is 10.8. The van der Waals surface area contributed by atoms with Crippen LogP contribution in [-0.2, 0) is 14.6 Å². The molecule has 0 aromatic heterocycles. The summed E-state index contributed by atoms with van der Waals surface area (Å²) in [5.74, 6) is -0.297. The lowest BCUT2D eigenvalue weighted by Gasteiger charge is -1.92. The number of rotatable bonds is 0. The smallest absolute Gasteiger partial charge is 0.221 e. The number of hydrogen-bond acceptors (Lipinski definition) is 3. The summed E-state index contributed by atoms with van der Waals surface area (Å²) in [5.41, 5.74) is 0. The first-order valence-electron chi connectivity index (χ1n) is 2.92. The van der Waals surface area contributed by atoms with Crippen LogP contribution in [0.2, 0.25) is 0 Å². The summed E-state index contributed by atoms with van der Waals surface area (Å²) >= 11 is 0. The van der Waals surface area contributed by atoms with Crippen LogP contribution in [-0.4, -0.2) is 25.8 Å². The van der Waals surface area contributed by atoms with E-state index in [0.717, 1.165) is 0 Å². The molecule has 1 aliphatic heterocycles. The van der Waals surface area contributed by atoms with E-state index in [4.69, 9.17) is 0 Å². The van der Waals surface area contributed by atoms with Crippen molar-refractivity contribution in [3.05, 3.63) is 6.54 Å². The van der Waals surface area contributed by atoms with Crippen molar-refractivity contribution in [3.8, 4) is 0 Å². The molecule has 4 nitrogen and oxygen atoms in total. The van der Waals surface area contributed by atoms with Crippen molar-refractivity contribution in [2.75, 3.05) is 11.5 Å². The molecule has 1 rings (SSSR count). The first kappa shape index (κ1) is 7.53. The fourth-order valence-electron chi connectivity index (χ4n) is 0.686. The Balaban J connectivity index is 2.66. The molecular formula is C5H8NO3S. The molecule has 1 fully saturated rings. The molecule has 0 spiro atoms. The van der Waals surface area contributed by atoms with Crippen molar-refractivity contribution in [2.24, 2.45) is 0 Å². The fraction of sp³-hybridized carbons (Fsp3) is 0.600. The molecular weight excluding hydrogens is 154 g/mol. The Labute approximate surface area is 59.5 Å². The van der Waals surface area contributed by atoms with Crippen LogP contribution in [0, 0.1) is 6.54 Å². The normalized spacial score (nSPS) is 25.0. The molecule has 1 aliphatic rings. The van der Waals surface area contributed by atoms with Crippen LogP contribution in [0.5, 0.6) is 0 Å². The molecule has 0 saturated carbocycles. The molecule has 1 saturated heterocycles. The molecule has 5 heteroatoms. The highest BCUT2D eigenvalue weighted by Crippen LogP contribution is 1.99. The zero-order chi connectivity index (χ0) is 7.61. The van der Waals surface area contributed by atoms with Crippen LogP contribution in [0.4, 0.5) is 0 Å². The lowest BCUT2D eigenvalue weighted by molar-refractivity contribution is -0.120. The van der Waals surface area contributed by atoms with Crippen molar-refractivity contribution in [2.45, 2.75) is 6.42 Å². The van der Waals surface area contributed by atoms with E-state index >= 15 is 0 Å². The zero-order valence-electron chi connectivity index (χ0n) is 5.33. The molecule has 1 heterocycles. The third kappa shape index (κ3) is 1.98. The van der Waals surface area contributed by atoms with E-state index in [0.29, 0.717) is 0 Å². The average Bonchev–Trinajstić information content (AvgIpc) is 1.94. The SMILES string of the molecule is O=C1CCS(=O)(=O)C[CH]N1. The van der Waals surface area contributed by atoms with Crippen LogP contribution < -0.4 is 5.32 Å². The van der Waals surface area contributed by atoms with Crippen molar-refractivity contribution in [1.82, 2.24) is 5.32 Å². The highest BCUT2D eigenvalue weighted by Gasteiger charge is 2.17. The molecule has 0 aliphatic carbocycles. The second-order valence-corrected chi connectivity index (χ2v) is 4.36. The monoisotopic (exact) mass is 162 g/mol. The number of sulfone groups is 1. The maximum Gasteiger partial charge on any atom is 0.221 e. The molecule has 1 amide bonds. The quantitative estimate of drug-likeness (QED) is 0.501. The van der Waals surface area contributed by atoms with Gasteiger partial charge in [-0.2, -0.15) is 0 Å². The van der Waals surface area contributed by atoms with Crippen LogP contribution in [0.15, 0.2) is 0 Å². The summed E-state index contributed by atoms with van der Waals surface area (Å²) in [6.45, 7) is 1.28. The van der Waals surface area contributed by atoms with Gasteiger partial charge in [0.25, 0.3) is 0 Å². The van der Waals surface area contributed by atoms with Gasteiger partial charge in [0, 0.05) is 6.42 Å². The molecule has 0 atom stereocenters. The topological polar surface area (TPSA) is 63.2 Å². The number of amides is 1. The van der Waals surface area contributed by atoms with E-state index in [1.165, 1.54) is 6.54 Å². The summed E-state index contributed by atoms with van der Waals surface area (Å²) in [6.07, 6.45) is 0.0822. The van der Waals surface area contributed by atoms with Crippen molar-refractivity contribution >= 4 is 15.7 Å². The number of carbonyl (C=O) groups excluding carboxylic acids is 1. The lowest BCUT2D eigenvalue weighted by Crippen LogP contribution is -2.18. The van der Waals surface area contributed by atoms with Gasteiger partial charge in [-0.3, -0.25) is 4.79 Å². The molecule has 0 bridgehead atoms. The highest BCUT2D eigenvalue weighted by molar-refractivity contribution is 7.91. The average molecular weight is 162 g/mol.